The highest BCUT2D eigenvalue weighted by Crippen LogP contribution is 2.36. The molecule has 2 heterocycles. The van der Waals surface area contributed by atoms with Crippen molar-refractivity contribution in [3.63, 3.8) is 0 Å². The highest BCUT2D eigenvalue weighted by Gasteiger charge is 2.42. The number of benzene rings is 1. The summed E-state index contributed by atoms with van der Waals surface area (Å²) in [5.41, 5.74) is -1.06. The molecule has 12 heteroatoms. The first-order valence-electron chi connectivity index (χ1n) is 8.56. The maximum Gasteiger partial charge on any atom is 0.350 e. The molecule has 1 saturated heterocycles. The first kappa shape index (κ1) is 21.2. The van der Waals surface area contributed by atoms with Crippen molar-refractivity contribution >= 4 is 13.6 Å². The minimum Gasteiger partial charge on any atom is -0.453 e. The molecule has 0 spiro atoms. The summed E-state index contributed by atoms with van der Waals surface area (Å²) in [6.07, 6.45) is -1.63. The molecule has 2 unspecified atom stereocenters. The molecule has 0 radical (unpaired) electrons. The van der Waals surface area contributed by atoms with Crippen molar-refractivity contribution in [1.82, 2.24) is 9.55 Å². The van der Waals surface area contributed by atoms with Crippen molar-refractivity contribution < 1.29 is 33.4 Å². The Morgan fingerprint density at radius 3 is 2.62 bits per heavy atom. The van der Waals surface area contributed by atoms with Gasteiger partial charge in [-0.15, -0.1) is 0 Å². The number of carbonyl (C=O) groups is 1. The van der Waals surface area contributed by atoms with Crippen LogP contribution < -0.4 is 11.2 Å². The first-order chi connectivity index (χ1) is 13.7. The second kappa shape index (κ2) is 8.85. The van der Waals surface area contributed by atoms with Crippen LogP contribution in [0.3, 0.4) is 0 Å². The number of aromatic amines is 1. The second-order valence-electron chi connectivity index (χ2n) is 6.40. The zero-order chi connectivity index (χ0) is 21.0. The van der Waals surface area contributed by atoms with E-state index in [0.717, 1.165) is 10.6 Å². The van der Waals surface area contributed by atoms with Gasteiger partial charge in [0, 0.05) is 18.2 Å². The van der Waals surface area contributed by atoms with Gasteiger partial charge in [0.2, 0.25) is 0 Å². The summed E-state index contributed by atoms with van der Waals surface area (Å²) in [5, 5.41) is 0. The molecule has 29 heavy (non-hydrogen) atoms. The molecule has 1 aromatic heterocycles. The number of carbonyl (C=O) groups excluding carboxylic acids is 1. The van der Waals surface area contributed by atoms with E-state index in [9.17, 15) is 18.9 Å². The van der Waals surface area contributed by atoms with Gasteiger partial charge in [-0.1, -0.05) is 18.2 Å². The summed E-state index contributed by atoms with van der Waals surface area (Å²) in [5.74, 6) is -1.26. The third-order valence-corrected chi connectivity index (χ3v) is 4.71. The average molecular weight is 426 g/mol. The Morgan fingerprint density at radius 1 is 1.24 bits per heavy atom. The summed E-state index contributed by atoms with van der Waals surface area (Å²) in [6.45, 7) is -0.170. The number of rotatable bonds is 7. The number of esters is 1. The molecule has 0 amide bonds. The number of hydrogen-bond acceptors (Lipinski definition) is 7. The Bertz CT molecular complexity index is 1010. The highest BCUT2D eigenvalue weighted by molar-refractivity contribution is 7.51. The lowest BCUT2D eigenvalue weighted by Crippen LogP contribution is -2.39. The Morgan fingerprint density at radius 2 is 1.97 bits per heavy atom. The van der Waals surface area contributed by atoms with Gasteiger partial charge in [-0.3, -0.25) is 18.9 Å². The van der Waals surface area contributed by atoms with E-state index in [-0.39, 0.29) is 18.8 Å². The predicted octanol–water partition coefficient (Wildman–Crippen LogP) is 0.0590. The van der Waals surface area contributed by atoms with Gasteiger partial charge in [0.05, 0.1) is 18.8 Å². The summed E-state index contributed by atoms with van der Waals surface area (Å²) in [4.78, 5) is 55.9. The molecule has 1 fully saturated rings. The van der Waals surface area contributed by atoms with E-state index < -0.39 is 49.4 Å². The summed E-state index contributed by atoms with van der Waals surface area (Å²) in [7, 11) is -4.37. The summed E-state index contributed by atoms with van der Waals surface area (Å²) >= 11 is 0. The monoisotopic (exact) mass is 426 g/mol. The lowest BCUT2D eigenvalue weighted by atomic mass is 10.1. The third-order valence-electron chi connectivity index (χ3n) is 4.20. The maximum atomic E-state index is 12.5. The van der Waals surface area contributed by atoms with E-state index >= 15 is 0 Å². The van der Waals surface area contributed by atoms with Gasteiger partial charge in [0.1, 0.15) is 6.35 Å². The molecule has 0 aliphatic carbocycles. The minimum atomic E-state index is -4.37. The van der Waals surface area contributed by atoms with Crippen LogP contribution in [0.25, 0.3) is 0 Å². The van der Waals surface area contributed by atoms with Crippen LogP contribution in [0.2, 0.25) is 0 Å². The number of hydrogen-bond donors (Lipinski definition) is 3. The number of aromatic nitrogens is 2. The first-order valence-corrected chi connectivity index (χ1v) is 10.4. The Labute approximate surface area is 164 Å². The molecule has 2 aromatic rings. The van der Waals surface area contributed by atoms with Crippen LogP contribution in [0.1, 0.15) is 16.6 Å². The van der Waals surface area contributed by atoms with E-state index in [1.54, 1.807) is 30.3 Å². The molecule has 1 aromatic carbocycles. The lowest BCUT2D eigenvalue weighted by molar-refractivity contribution is -0.0395. The second-order valence-corrected chi connectivity index (χ2v) is 7.99. The molecule has 3 atom stereocenters. The quantitative estimate of drug-likeness (QED) is 0.411. The van der Waals surface area contributed by atoms with Gasteiger partial charge < -0.3 is 24.0 Å². The van der Waals surface area contributed by atoms with Gasteiger partial charge in [-0.05, 0) is 12.1 Å². The highest BCUT2D eigenvalue weighted by atomic mass is 31.2. The number of nitrogens with one attached hydrogen (secondary N) is 1. The molecule has 0 saturated carbocycles. The molecule has 156 valence electrons. The van der Waals surface area contributed by atoms with Gasteiger partial charge in [0.25, 0.3) is 5.56 Å². The topological polar surface area (TPSA) is 157 Å². The van der Waals surface area contributed by atoms with Gasteiger partial charge >= 0.3 is 19.3 Å². The van der Waals surface area contributed by atoms with E-state index in [1.165, 1.54) is 6.20 Å². The average Bonchev–Trinajstić information content (AvgIpc) is 3.04. The fourth-order valence-corrected chi connectivity index (χ4v) is 3.24. The Kier molecular flexibility index (Phi) is 6.46. The van der Waals surface area contributed by atoms with Crippen LogP contribution in [-0.4, -0.2) is 51.0 Å². The number of nitrogens with zero attached hydrogens (tertiary/aromatic N) is 1. The maximum absolute atomic E-state index is 12.5. The van der Waals surface area contributed by atoms with Crippen LogP contribution in [0.5, 0.6) is 0 Å². The van der Waals surface area contributed by atoms with E-state index in [1.807, 2.05) is 0 Å². The van der Waals surface area contributed by atoms with Gasteiger partial charge in [0.15, 0.2) is 12.3 Å². The van der Waals surface area contributed by atoms with Crippen molar-refractivity contribution in [3.05, 3.63) is 69.0 Å². The summed E-state index contributed by atoms with van der Waals surface area (Å²) in [6, 6.07) is 9.28. The molecule has 11 nitrogen and oxygen atoms in total. The lowest BCUT2D eigenvalue weighted by Gasteiger charge is -2.24. The number of H-pyrrole nitrogens is 1. The third kappa shape index (κ3) is 5.49. The van der Waals surface area contributed by atoms with Crippen LogP contribution in [-0.2, 0) is 18.8 Å². The van der Waals surface area contributed by atoms with Crippen molar-refractivity contribution in [2.24, 2.45) is 5.92 Å². The van der Waals surface area contributed by atoms with Crippen LogP contribution in [0, 0.1) is 5.92 Å². The Hall–Kier alpha value is -2.56. The fourth-order valence-electron chi connectivity index (χ4n) is 2.90. The standard InChI is InChI=1S/C17H19N2O9P/c20-13-6-7-19(17(22)18-13)15-14(28-16(21)11-4-2-1-3-5-11)12(9-27-15)8-26-10-29(23,24)25/h1-7,12,14-15H,8-10H2,(H,18,20,22)(H2,23,24,25)/t12?,14?,15-/m1/s1. The largest absolute Gasteiger partial charge is 0.453 e. The smallest absolute Gasteiger partial charge is 0.350 e. The normalized spacial score (nSPS) is 21.8. The van der Waals surface area contributed by atoms with Crippen LogP contribution in [0.15, 0.2) is 52.2 Å². The zero-order valence-corrected chi connectivity index (χ0v) is 15.9. The fraction of sp³-hybridized carbons (Fsp3) is 0.353. The van der Waals surface area contributed by atoms with Crippen LogP contribution in [0.4, 0.5) is 0 Å². The molecule has 3 rings (SSSR count). The molecule has 1 aliphatic heterocycles. The van der Waals surface area contributed by atoms with Gasteiger partial charge in [-0.2, -0.15) is 0 Å². The van der Waals surface area contributed by atoms with Crippen molar-refractivity contribution in [1.29, 1.82) is 0 Å². The van der Waals surface area contributed by atoms with E-state index in [2.05, 4.69) is 4.98 Å². The Balaban J connectivity index is 1.83. The molecule has 1 aliphatic rings. The molecular formula is C17H19N2O9P. The molecular weight excluding hydrogens is 407 g/mol. The SMILES string of the molecule is O=C(OC1C(COCP(=O)(O)O)CO[C@H]1n1ccc(=O)[nH]c1=O)c1ccccc1. The van der Waals surface area contributed by atoms with Gasteiger partial charge in [-0.25, -0.2) is 9.59 Å². The molecule has 3 N–H and O–H groups in total. The van der Waals surface area contributed by atoms with E-state index in [4.69, 9.17) is 24.0 Å². The predicted molar refractivity (Wildman–Crippen MR) is 98.3 cm³/mol. The number of ether oxygens (including phenoxy) is 3. The van der Waals surface area contributed by atoms with Crippen molar-refractivity contribution in [3.8, 4) is 0 Å². The van der Waals surface area contributed by atoms with Crippen molar-refractivity contribution in [2.75, 3.05) is 19.6 Å². The van der Waals surface area contributed by atoms with E-state index in [0.29, 0.717) is 0 Å². The van der Waals surface area contributed by atoms with Crippen LogP contribution >= 0.6 is 7.60 Å². The summed E-state index contributed by atoms with van der Waals surface area (Å²) < 4.78 is 28.3. The zero-order valence-electron chi connectivity index (χ0n) is 15.0. The minimum absolute atomic E-state index is 0.00410. The molecule has 0 bridgehead atoms. The van der Waals surface area contributed by atoms with Crippen molar-refractivity contribution in [2.45, 2.75) is 12.3 Å².